The Bertz CT molecular complexity index is 1630. The molecule has 1 N–H and O–H groups in total. The smallest absolute Gasteiger partial charge is 0.355 e. The number of ether oxygens (including phenoxy) is 2. The minimum atomic E-state index is -0.634. The number of methoxy groups -OCH3 is 1. The van der Waals surface area contributed by atoms with Gasteiger partial charge in [0, 0.05) is 33.3 Å². The standard InChI is InChI=1S/C30H25BrN2O6/c1-3-39-26(35)16-15-25(34)32-22-12-9-19(10-13-22)18-33-28(30(37)38-2)27(20-7-5-4-6-8-20)24-17-21(31)11-14-23(24)29(33)36/h4-17H,3,18H2,1-2H3,(H,32,34)/b16-15+. The van der Waals surface area contributed by atoms with Gasteiger partial charge in [0.2, 0.25) is 5.91 Å². The van der Waals surface area contributed by atoms with E-state index in [0.717, 1.165) is 27.8 Å². The third kappa shape index (κ3) is 6.32. The van der Waals surface area contributed by atoms with Gasteiger partial charge in [-0.3, -0.25) is 14.2 Å². The van der Waals surface area contributed by atoms with Crippen molar-refractivity contribution in [2.75, 3.05) is 19.0 Å². The van der Waals surface area contributed by atoms with E-state index in [4.69, 9.17) is 9.47 Å². The highest BCUT2D eigenvalue weighted by Crippen LogP contribution is 2.33. The van der Waals surface area contributed by atoms with Crippen molar-refractivity contribution in [3.8, 4) is 11.1 Å². The van der Waals surface area contributed by atoms with E-state index in [1.165, 1.54) is 11.7 Å². The number of nitrogens with zero attached hydrogens (tertiary/aromatic N) is 1. The first-order chi connectivity index (χ1) is 18.8. The summed E-state index contributed by atoms with van der Waals surface area (Å²) in [5, 5.41) is 3.75. The van der Waals surface area contributed by atoms with Crippen molar-refractivity contribution in [2.45, 2.75) is 13.5 Å². The van der Waals surface area contributed by atoms with Crippen LogP contribution in [0.4, 0.5) is 5.69 Å². The number of carbonyl (C=O) groups is 3. The Morgan fingerprint density at radius 2 is 1.67 bits per heavy atom. The van der Waals surface area contributed by atoms with Gasteiger partial charge < -0.3 is 14.8 Å². The molecule has 0 fully saturated rings. The number of hydrogen-bond acceptors (Lipinski definition) is 6. The van der Waals surface area contributed by atoms with Crippen LogP contribution in [0.2, 0.25) is 0 Å². The fourth-order valence-electron chi connectivity index (χ4n) is 4.17. The zero-order chi connectivity index (χ0) is 27.9. The zero-order valence-corrected chi connectivity index (χ0v) is 22.9. The molecule has 0 saturated heterocycles. The number of esters is 2. The maximum atomic E-state index is 13.7. The summed E-state index contributed by atoms with van der Waals surface area (Å²) in [6.07, 6.45) is 2.14. The number of anilines is 1. The Labute approximate surface area is 233 Å². The summed E-state index contributed by atoms with van der Waals surface area (Å²) in [6.45, 7) is 1.98. The molecular weight excluding hydrogens is 564 g/mol. The fraction of sp³-hybridized carbons (Fsp3) is 0.133. The van der Waals surface area contributed by atoms with Crippen LogP contribution in [0.15, 0.2) is 94.2 Å². The minimum absolute atomic E-state index is 0.0894. The molecule has 0 aliphatic carbocycles. The van der Waals surface area contributed by atoms with Crippen LogP contribution in [-0.4, -0.2) is 36.1 Å². The quantitative estimate of drug-likeness (QED) is 0.220. The molecule has 3 aromatic carbocycles. The SMILES string of the molecule is CCOC(=O)/C=C/C(=O)Nc1ccc(Cn2c(C(=O)OC)c(-c3ccccc3)c3cc(Br)ccc3c2=O)cc1. The first kappa shape index (κ1) is 27.5. The largest absolute Gasteiger partial charge is 0.464 e. The highest BCUT2D eigenvalue weighted by Gasteiger charge is 2.24. The van der Waals surface area contributed by atoms with Crippen LogP contribution in [0.1, 0.15) is 23.0 Å². The molecule has 0 bridgehead atoms. The molecule has 4 rings (SSSR count). The second kappa shape index (κ2) is 12.4. The van der Waals surface area contributed by atoms with Crippen LogP contribution in [0.25, 0.3) is 21.9 Å². The molecular formula is C30H25BrN2O6. The number of halogens is 1. The average Bonchev–Trinajstić information content (AvgIpc) is 2.94. The predicted octanol–water partition coefficient (Wildman–Crippen LogP) is 5.32. The van der Waals surface area contributed by atoms with E-state index < -0.39 is 17.8 Å². The lowest BCUT2D eigenvalue weighted by Crippen LogP contribution is -2.28. The van der Waals surface area contributed by atoms with Crippen molar-refractivity contribution in [1.29, 1.82) is 0 Å². The average molecular weight is 589 g/mol. The van der Waals surface area contributed by atoms with E-state index >= 15 is 0 Å². The van der Waals surface area contributed by atoms with Crippen LogP contribution < -0.4 is 10.9 Å². The Kier molecular flexibility index (Phi) is 8.73. The van der Waals surface area contributed by atoms with E-state index in [2.05, 4.69) is 21.2 Å². The molecule has 0 unspecified atom stereocenters. The van der Waals surface area contributed by atoms with Crippen molar-refractivity contribution < 1.29 is 23.9 Å². The van der Waals surface area contributed by atoms with Gasteiger partial charge in [0.05, 0.1) is 20.3 Å². The lowest BCUT2D eigenvalue weighted by molar-refractivity contribution is -0.137. The minimum Gasteiger partial charge on any atom is -0.464 e. The van der Waals surface area contributed by atoms with Crippen LogP contribution in [0, 0.1) is 0 Å². The normalized spacial score (nSPS) is 10.9. The molecule has 1 heterocycles. The summed E-state index contributed by atoms with van der Waals surface area (Å²) in [4.78, 5) is 50.3. The first-order valence-corrected chi connectivity index (χ1v) is 12.9. The number of amides is 1. The summed E-state index contributed by atoms with van der Waals surface area (Å²) in [5.41, 5.74) is 2.38. The Morgan fingerprint density at radius 3 is 2.33 bits per heavy atom. The van der Waals surface area contributed by atoms with Gasteiger partial charge in [0.25, 0.3) is 5.56 Å². The maximum Gasteiger partial charge on any atom is 0.355 e. The lowest BCUT2D eigenvalue weighted by atomic mass is 9.96. The second-order valence-electron chi connectivity index (χ2n) is 8.43. The van der Waals surface area contributed by atoms with Crippen LogP contribution in [0.5, 0.6) is 0 Å². The molecule has 198 valence electrons. The molecule has 0 aliphatic heterocycles. The van der Waals surface area contributed by atoms with Crippen molar-refractivity contribution in [3.05, 3.63) is 111 Å². The summed E-state index contributed by atoms with van der Waals surface area (Å²) in [6, 6.07) is 21.5. The molecule has 39 heavy (non-hydrogen) atoms. The number of hydrogen-bond donors (Lipinski definition) is 1. The first-order valence-electron chi connectivity index (χ1n) is 12.1. The third-order valence-electron chi connectivity index (χ3n) is 5.89. The second-order valence-corrected chi connectivity index (χ2v) is 9.35. The summed E-state index contributed by atoms with van der Waals surface area (Å²) in [5.74, 6) is -1.73. The molecule has 0 radical (unpaired) electrons. The fourth-order valence-corrected chi connectivity index (χ4v) is 4.53. The number of pyridine rings is 1. The van der Waals surface area contributed by atoms with Crippen LogP contribution in [-0.2, 0) is 25.6 Å². The number of carbonyl (C=O) groups excluding carboxylic acids is 3. The highest BCUT2D eigenvalue weighted by molar-refractivity contribution is 9.10. The molecule has 0 atom stereocenters. The number of fused-ring (bicyclic) bond motifs is 1. The number of benzene rings is 3. The Hall–Kier alpha value is -4.50. The number of nitrogens with one attached hydrogen (secondary N) is 1. The topological polar surface area (TPSA) is 104 Å². The van der Waals surface area contributed by atoms with Gasteiger partial charge in [-0.2, -0.15) is 0 Å². The molecule has 0 aliphatic rings. The number of aromatic nitrogens is 1. The maximum absolute atomic E-state index is 13.7. The molecule has 0 spiro atoms. The molecule has 8 nitrogen and oxygen atoms in total. The van der Waals surface area contributed by atoms with Gasteiger partial charge in [0.15, 0.2) is 0 Å². The van der Waals surface area contributed by atoms with Crippen molar-refractivity contribution in [3.63, 3.8) is 0 Å². The summed E-state index contributed by atoms with van der Waals surface area (Å²) in [7, 11) is 1.28. The van der Waals surface area contributed by atoms with Crippen molar-refractivity contribution >= 4 is 50.2 Å². The van der Waals surface area contributed by atoms with E-state index in [0.29, 0.717) is 22.0 Å². The van der Waals surface area contributed by atoms with Gasteiger partial charge in [-0.05, 0) is 53.8 Å². The molecule has 9 heteroatoms. The van der Waals surface area contributed by atoms with Crippen LogP contribution in [0.3, 0.4) is 0 Å². The summed E-state index contributed by atoms with van der Waals surface area (Å²) < 4.78 is 12.1. The molecule has 0 saturated carbocycles. The van der Waals surface area contributed by atoms with Gasteiger partial charge in [0.1, 0.15) is 5.69 Å². The van der Waals surface area contributed by atoms with Gasteiger partial charge in [-0.1, -0.05) is 58.4 Å². The zero-order valence-electron chi connectivity index (χ0n) is 21.3. The van der Waals surface area contributed by atoms with Gasteiger partial charge >= 0.3 is 11.9 Å². The van der Waals surface area contributed by atoms with Crippen molar-refractivity contribution in [2.24, 2.45) is 0 Å². The van der Waals surface area contributed by atoms with Crippen molar-refractivity contribution in [1.82, 2.24) is 4.57 Å². The Balaban J connectivity index is 1.74. The molecule has 4 aromatic rings. The highest BCUT2D eigenvalue weighted by atomic mass is 79.9. The Morgan fingerprint density at radius 1 is 0.949 bits per heavy atom. The summed E-state index contributed by atoms with van der Waals surface area (Å²) >= 11 is 3.48. The molecule has 1 aromatic heterocycles. The van der Waals surface area contributed by atoms with Gasteiger partial charge in [-0.15, -0.1) is 0 Å². The van der Waals surface area contributed by atoms with E-state index in [-0.39, 0.29) is 24.4 Å². The monoisotopic (exact) mass is 588 g/mol. The third-order valence-corrected chi connectivity index (χ3v) is 6.39. The predicted molar refractivity (Wildman–Crippen MR) is 153 cm³/mol. The van der Waals surface area contributed by atoms with E-state index in [1.54, 1.807) is 43.3 Å². The van der Waals surface area contributed by atoms with E-state index in [9.17, 15) is 19.2 Å². The molecule has 1 amide bonds. The van der Waals surface area contributed by atoms with Gasteiger partial charge in [-0.25, -0.2) is 9.59 Å². The lowest BCUT2D eigenvalue weighted by Gasteiger charge is -2.19. The van der Waals surface area contributed by atoms with E-state index in [1.807, 2.05) is 36.4 Å². The number of rotatable bonds is 8. The van der Waals surface area contributed by atoms with Crippen LogP contribution >= 0.6 is 15.9 Å².